The van der Waals surface area contributed by atoms with E-state index in [1.54, 1.807) is 0 Å². The Morgan fingerprint density at radius 1 is 1.12 bits per heavy atom. The molecule has 4 nitrogen and oxygen atoms in total. The van der Waals surface area contributed by atoms with Gasteiger partial charge >= 0.3 is 0 Å². The highest BCUT2D eigenvalue weighted by atomic mass is 16.1. The summed E-state index contributed by atoms with van der Waals surface area (Å²) in [5, 5.41) is 0. The molecule has 1 amide bonds. The standard InChI is InChI=1S/C13H25N3O/c1-13-4-2-6-16(13)7-3-5-14-8-10-15(12-17)11-9-14/h12-13H,2-11H2,1H3. The molecule has 2 saturated heterocycles. The Hall–Kier alpha value is -0.610. The largest absolute Gasteiger partial charge is 0.343 e. The molecule has 0 aromatic carbocycles. The smallest absolute Gasteiger partial charge is 0.209 e. The van der Waals surface area contributed by atoms with Crippen LogP contribution in [0.5, 0.6) is 0 Å². The summed E-state index contributed by atoms with van der Waals surface area (Å²) in [6.45, 7) is 9.98. The summed E-state index contributed by atoms with van der Waals surface area (Å²) < 4.78 is 0. The van der Waals surface area contributed by atoms with E-state index in [2.05, 4.69) is 16.7 Å². The van der Waals surface area contributed by atoms with Crippen LogP contribution in [0.3, 0.4) is 0 Å². The van der Waals surface area contributed by atoms with E-state index in [0.717, 1.165) is 38.6 Å². The van der Waals surface area contributed by atoms with E-state index in [-0.39, 0.29) is 0 Å². The first-order valence-electron chi connectivity index (χ1n) is 6.95. The van der Waals surface area contributed by atoms with E-state index < -0.39 is 0 Å². The van der Waals surface area contributed by atoms with Crippen LogP contribution in [0.2, 0.25) is 0 Å². The topological polar surface area (TPSA) is 26.8 Å². The van der Waals surface area contributed by atoms with Crippen LogP contribution >= 0.6 is 0 Å². The van der Waals surface area contributed by atoms with E-state index in [0.29, 0.717) is 0 Å². The predicted octanol–water partition coefficient (Wildman–Crippen LogP) is 0.635. The number of likely N-dealkylation sites (tertiary alicyclic amines) is 1. The molecule has 2 fully saturated rings. The van der Waals surface area contributed by atoms with Gasteiger partial charge in [-0.25, -0.2) is 0 Å². The Balaban J connectivity index is 1.58. The average molecular weight is 239 g/mol. The highest BCUT2D eigenvalue weighted by molar-refractivity contribution is 5.47. The van der Waals surface area contributed by atoms with Crippen molar-refractivity contribution in [3.8, 4) is 0 Å². The third-order valence-electron chi connectivity index (χ3n) is 4.17. The van der Waals surface area contributed by atoms with E-state index in [4.69, 9.17) is 0 Å². The molecule has 0 aromatic heterocycles. The Labute approximate surface area is 105 Å². The molecule has 0 radical (unpaired) electrons. The van der Waals surface area contributed by atoms with Crippen molar-refractivity contribution in [1.82, 2.24) is 14.7 Å². The number of amides is 1. The Kier molecular flexibility index (Phi) is 4.80. The lowest BCUT2D eigenvalue weighted by Crippen LogP contribution is -2.46. The van der Waals surface area contributed by atoms with Gasteiger partial charge in [-0.3, -0.25) is 9.69 Å². The van der Waals surface area contributed by atoms with Gasteiger partial charge in [0.2, 0.25) is 6.41 Å². The average Bonchev–Trinajstić information content (AvgIpc) is 2.76. The number of hydrogen-bond acceptors (Lipinski definition) is 3. The molecule has 2 heterocycles. The van der Waals surface area contributed by atoms with Crippen molar-refractivity contribution < 1.29 is 4.79 Å². The fraction of sp³-hybridized carbons (Fsp3) is 0.923. The van der Waals surface area contributed by atoms with Crippen LogP contribution in [0.25, 0.3) is 0 Å². The van der Waals surface area contributed by atoms with Crippen molar-refractivity contribution in [1.29, 1.82) is 0 Å². The molecule has 2 aliphatic heterocycles. The second-order valence-corrected chi connectivity index (χ2v) is 5.36. The van der Waals surface area contributed by atoms with Gasteiger partial charge in [0, 0.05) is 32.2 Å². The Morgan fingerprint density at radius 2 is 1.88 bits per heavy atom. The fourth-order valence-corrected chi connectivity index (χ4v) is 2.91. The molecule has 0 N–H and O–H groups in total. The van der Waals surface area contributed by atoms with Crippen LogP contribution in [-0.2, 0) is 4.79 Å². The van der Waals surface area contributed by atoms with Gasteiger partial charge in [0.15, 0.2) is 0 Å². The van der Waals surface area contributed by atoms with Crippen molar-refractivity contribution in [3.63, 3.8) is 0 Å². The summed E-state index contributed by atoms with van der Waals surface area (Å²) in [5.41, 5.74) is 0. The van der Waals surface area contributed by atoms with Gasteiger partial charge < -0.3 is 9.80 Å². The molecule has 0 aliphatic carbocycles. The highest BCUT2D eigenvalue weighted by Gasteiger charge is 2.20. The maximum absolute atomic E-state index is 10.6. The van der Waals surface area contributed by atoms with Gasteiger partial charge in [-0.1, -0.05) is 0 Å². The van der Waals surface area contributed by atoms with Crippen molar-refractivity contribution in [2.45, 2.75) is 32.2 Å². The van der Waals surface area contributed by atoms with Gasteiger partial charge in [-0.2, -0.15) is 0 Å². The molecule has 0 spiro atoms. The zero-order valence-corrected chi connectivity index (χ0v) is 11.0. The monoisotopic (exact) mass is 239 g/mol. The molecule has 0 bridgehead atoms. The molecular formula is C13H25N3O. The molecule has 17 heavy (non-hydrogen) atoms. The van der Waals surface area contributed by atoms with Gasteiger partial charge in [-0.05, 0) is 45.8 Å². The maximum Gasteiger partial charge on any atom is 0.209 e. The van der Waals surface area contributed by atoms with Crippen molar-refractivity contribution >= 4 is 6.41 Å². The zero-order valence-electron chi connectivity index (χ0n) is 11.0. The normalized spacial score (nSPS) is 27.6. The summed E-state index contributed by atoms with van der Waals surface area (Å²) in [4.78, 5) is 17.6. The molecule has 0 saturated carbocycles. The lowest BCUT2D eigenvalue weighted by Gasteiger charge is -2.33. The van der Waals surface area contributed by atoms with Crippen LogP contribution in [0.1, 0.15) is 26.2 Å². The van der Waals surface area contributed by atoms with Crippen molar-refractivity contribution in [3.05, 3.63) is 0 Å². The molecule has 1 atom stereocenters. The second-order valence-electron chi connectivity index (χ2n) is 5.36. The summed E-state index contributed by atoms with van der Waals surface area (Å²) in [6.07, 6.45) is 4.99. The minimum absolute atomic E-state index is 0.793. The first-order chi connectivity index (χ1) is 8.29. The fourth-order valence-electron chi connectivity index (χ4n) is 2.91. The highest BCUT2D eigenvalue weighted by Crippen LogP contribution is 2.16. The van der Waals surface area contributed by atoms with E-state index in [1.165, 1.54) is 38.9 Å². The summed E-state index contributed by atoms with van der Waals surface area (Å²) >= 11 is 0. The SMILES string of the molecule is CC1CCCN1CCCN1CCN(C=O)CC1. The predicted molar refractivity (Wildman–Crippen MR) is 69.0 cm³/mol. The molecule has 1 unspecified atom stereocenters. The number of rotatable bonds is 5. The molecule has 98 valence electrons. The number of carbonyl (C=O) groups is 1. The van der Waals surface area contributed by atoms with Crippen LogP contribution in [-0.4, -0.2) is 73.0 Å². The van der Waals surface area contributed by atoms with E-state index in [1.807, 2.05) is 4.90 Å². The van der Waals surface area contributed by atoms with Crippen LogP contribution in [0.15, 0.2) is 0 Å². The summed E-state index contributed by atoms with van der Waals surface area (Å²) in [7, 11) is 0. The number of carbonyl (C=O) groups excluding carboxylic acids is 1. The molecule has 2 aliphatic rings. The van der Waals surface area contributed by atoms with Gasteiger partial charge in [0.05, 0.1) is 0 Å². The number of hydrogen-bond donors (Lipinski definition) is 0. The van der Waals surface area contributed by atoms with Gasteiger partial charge in [0.25, 0.3) is 0 Å². The van der Waals surface area contributed by atoms with Crippen LogP contribution in [0.4, 0.5) is 0 Å². The molecule has 4 heteroatoms. The van der Waals surface area contributed by atoms with E-state index >= 15 is 0 Å². The van der Waals surface area contributed by atoms with Crippen LogP contribution < -0.4 is 0 Å². The zero-order chi connectivity index (χ0) is 12.1. The number of piperazine rings is 1. The van der Waals surface area contributed by atoms with Gasteiger partial charge in [-0.15, -0.1) is 0 Å². The third kappa shape index (κ3) is 3.68. The Morgan fingerprint density at radius 3 is 2.47 bits per heavy atom. The number of nitrogens with zero attached hydrogens (tertiary/aromatic N) is 3. The molecule has 0 aromatic rings. The third-order valence-corrected chi connectivity index (χ3v) is 4.17. The quantitative estimate of drug-likeness (QED) is 0.659. The summed E-state index contributed by atoms with van der Waals surface area (Å²) in [5.74, 6) is 0. The molecule has 2 rings (SSSR count). The van der Waals surface area contributed by atoms with Crippen LogP contribution in [0, 0.1) is 0 Å². The van der Waals surface area contributed by atoms with Crippen molar-refractivity contribution in [2.24, 2.45) is 0 Å². The minimum Gasteiger partial charge on any atom is -0.343 e. The maximum atomic E-state index is 10.6. The second kappa shape index (κ2) is 6.36. The lowest BCUT2D eigenvalue weighted by molar-refractivity contribution is -0.119. The lowest BCUT2D eigenvalue weighted by atomic mass is 10.2. The minimum atomic E-state index is 0.793. The Bertz CT molecular complexity index is 239. The first-order valence-corrected chi connectivity index (χ1v) is 6.95. The van der Waals surface area contributed by atoms with E-state index in [9.17, 15) is 4.79 Å². The molecular weight excluding hydrogens is 214 g/mol. The summed E-state index contributed by atoms with van der Waals surface area (Å²) in [6, 6.07) is 0.793. The first kappa shape index (κ1) is 12.8. The van der Waals surface area contributed by atoms with Crippen molar-refractivity contribution in [2.75, 3.05) is 45.8 Å². The van der Waals surface area contributed by atoms with Gasteiger partial charge in [0.1, 0.15) is 0 Å².